The predicted molar refractivity (Wildman–Crippen MR) is 135 cm³/mol. The van der Waals surface area contributed by atoms with E-state index in [1.54, 1.807) is 24.4 Å². The van der Waals surface area contributed by atoms with Crippen molar-refractivity contribution in [1.29, 1.82) is 0 Å². The van der Waals surface area contributed by atoms with Gasteiger partial charge in [0.25, 0.3) is 5.56 Å². The van der Waals surface area contributed by atoms with Gasteiger partial charge in [-0.1, -0.05) is 59.6 Å². The fourth-order valence-corrected chi connectivity index (χ4v) is 4.13. The first-order valence-corrected chi connectivity index (χ1v) is 11.1. The molecule has 7 nitrogen and oxygen atoms in total. The molecule has 0 aliphatic carbocycles. The molecule has 0 saturated heterocycles. The van der Waals surface area contributed by atoms with Gasteiger partial charge in [-0.15, -0.1) is 0 Å². The van der Waals surface area contributed by atoms with E-state index in [9.17, 15) is 4.79 Å². The number of aromatic nitrogens is 5. The van der Waals surface area contributed by atoms with Crippen LogP contribution in [0.1, 0.15) is 5.56 Å². The van der Waals surface area contributed by atoms with E-state index in [-0.39, 0.29) is 5.56 Å². The number of para-hydroxylation sites is 3. The summed E-state index contributed by atoms with van der Waals surface area (Å²) in [6.45, 7) is 0. The van der Waals surface area contributed by atoms with Crippen LogP contribution in [0.2, 0.25) is 10.0 Å². The van der Waals surface area contributed by atoms with Crippen molar-refractivity contribution in [3.8, 4) is 5.69 Å². The van der Waals surface area contributed by atoms with Crippen LogP contribution in [0.3, 0.4) is 0 Å². The Morgan fingerprint density at radius 2 is 1.56 bits per heavy atom. The number of benzene rings is 3. The van der Waals surface area contributed by atoms with E-state index < -0.39 is 0 Å². The number of hydrogen-bond acceptors (Lipinski definition) is 5. The zero-order valence-electron chi connectivity index (χ0n) is 17.4. The molecule has 0 aliphatic rings. The molecule has 0 aliphatic heterocycles. The number of rotatable bonds is 3. The van der Waals surface area contributed by atoms with Crippen LogP contribution in [0.25, 0.3) is 38.9 Å². The van der Waals surface area contributed by atoms with E-state index in [4.69, 9.17) is 33.2 Å². The Morgan fingerprint density at radius 3 is 2.32 bits per heavy atom. The summed E-state index contributed by atoms with van der Waals surface area (Å²) in [4.78, 5) is 27.7. The molecular weight excluding hydrogens is 471 g/mol. The number of fused-ring (bicyclic) bond motifs is 4. The van der Waals surface area contributed by atoms with Crippen LogP contribution in [-0.2, 0) is 0 Å². The first-order chi connectivity index (χ1) is 16.6. The summed E-state index contributed by atoms with van der Waals surface area (Å²) < 4.78 is 3.02. The molecule has 0 fully saturated rings. The second kappa shape index (κ2) is 8.06. The van der Waals surface area contributed by atoms with Crippen molar-refractivity contribution in [1.82, 2.24) is 24.2 Å². The zero-order chi connectivity index (χ0) is 23.2. The van der Waals surface area contributed by atoms with Gasteiger partial charge < -0.3 is 0 Å². The highest BCUT2D eigenvalue weighted by Crippen LogP contribution is 2.26. The molecule has 6 aromatic rings. The van der Waals surface area contributed by atoms with Crippen LogP contribution < -0.4 is 5.56 Å². The highest BCUT2D eigenvalue weighted by atomic mass is 35.5. The van der Waals surface area contributed by atoms with Crippen molar-refractivity contribution < 1.29 is 0 Å². The maximum atomic E-state index is 13.6. The quantitative estimate of drug-likeness (QED) is 0.312. The molecule has 34 heavy (non-hydrogen) atoms. The molecule has 0 radical (unpaired) electrons. The molecule has 0 amide bonds. The Balaban J connectivity index is 1.66. The lowest BCUT2D eigenvalue weighted by molar-refractivity contribution is 0.906. The third-order valence-electron chi connectivity index (χ3n) is 5.44. The molecule has 6 rings (SSSR count). The molecule has 0 atom stereocenters. The Morgan fingerprint density at radius 1 is 0.824 bits per heavy atom. The lowest BCUT2D eigenvalue weighted by Crippen LogP contribution is -2.18. The average Bonchev–Trinajstić information content (AvgIpc) is 3.17. The summed E-state index contributed by atoms with van der Waals surface area (Å²) >= 11 is 12.2. The number of halogens is 2. The third-order valence-corrected chi connectivity index (χ3v) is 6.18. The van der Waals surface area contributed by atoms with Crippen LogP contribution in [0.4, 0.5) is 0 Å². The Bertz CT molecular complexity index is 1810. The van der Waals surface area contributed by atoms with Gasteiger partial charge in [-0.3, -0.25) is 9.36 Å². The van der Waals surface area contributed by atoms with Gasteiger partial charge in [-0.25, -0.2) is 15.0 Å². The highest BCUT2D eigenvalue weighted by Gasteiger charge is 2.20. The predicted octanol–water partition coefficient (Wildman–Crippen LogP) is 5.47. The SMILES string of the molecule is O=c1c2c3nc4ccccc4nc3n(/N=C\c3ccc(Cl)c(Cl)c3)c2ncn1-c1ccccc1. The van der Waals surface area contributed by atoms with E-state index in [2.05, 4.69) is 10.1 Å². The molecule has 0 saturated carbocycles. The molecule has 9 heteroatoms. The topological polar surface area (TPSA) is 78.0 Å². The van der Waals surface area contributed by atoms with Gasteiger partial charge in [0.1, 0.15) is 17.2 Å². The molecular formula is C25H14Cl2N6O. The van der Waals surface area contributed by atoms with Gasteiger partial charge in [-0.05, 0) is 42.0 Å². The number of nitrogens with zero attached hydrogens (tertiary/aromatic N) is 6. The second-order valence-corrected chi connectivity index (χ2v) is 8.38. The Labute approximate surface area is 202 Å². The summed E-state index contributed by atoms with van der Waals surface area (Å²) in [7, 11) is 0. The molecule has 164 valence electrons. The molecule has 3 heterocycles. The van der Waals surface area contributed by atoms with E-state index in [0.29, 0.717) is 49.0 Å². The monoisotopic (exact) mass is 484 g/mol. The van der Waals surface area contributed by atoms with Gasteiger partial charge in [0.2, 0.25) is 0 Å². The van der Waals surface area contributed by atoms with Crippen molar-refractivity contribution in [3.05, 3.63) is 105 Å². The number of hydrogen-bond donors (Lipinski definition) is 0. The van der Waals surface area contributed by atoms with Crippen molar-refractivity contribution in [2.24, 2.45) is 5.10 Å². The maximum Gasteiger partial charge on any atom is 0.269 e. The molecule has 0 spiro atoms. The van der Waals surface area contributed by atoms with Crippen LogP contribution in [-0.4, -0.2) is 30.4 Å². The van der Waals surface area contributed by atoms with E-state index >= 15 is 0 Å². The largest absolute Gasteiger partial charge is 0.269 e. The minimum Gasteiger partial charge on any atom is -0.268 e. The maximum absolute atomic E-state index is 13.6. The first kappa shape index (κ1) is 20.5. The molecule has 0 N–H and O–H groups in total. The average molecular weight is 485 g/mol. The van der Waals surface area contributed by atoms with E-state index in [1.165, 1.54) is 15.6 Å². The summed E-state index contributed by atoms with van der Waals surface area (Å²) in [6, 6.07) is 22.0. The summed E-state index contributed by atoms with van der Waals surface area (Å²) in [5.74, 6) is 0. The van der Waals surface area contributed by atoms with Crippen molar-refractivity contribution in [3.63, 3.8) is 0 Å². The minimum atomic E-state index is -0.255. The normalized spacial score (nSPS) is 11.8. The lowest BCUT2D eigenvalue weighted by Gasteiger charge is -2.05. The standard InChI is InChI=1S/C25H14Cl2N6O/c26-17-11-10-15(12-18(17)27)13-29-33-23-21(22-24(33)31-20-9-5-4-8-19(20)30-22)25(34)32(14-28-23)16-6-2-1-3-7-16/h1-14H/b29-13-. The van der Waals surface area contributed by atoms with E-state index in [1.807, 2.05) is 54.6 Å². The summed E-state index contributed by atoms with van der Waals surface area (Å²) in [5.41, 5.74) is 3.77. The second-order valence-electron chi connectivity index (χ2n) is 7.57. The van der Waals surface area contributed by atoms with Gasteiger partial charge in [0, 0.05) is 0 Å². The lowest BCUT2D eigenvalue weighted by atomic mass is 10.2. The summed E-state index contributed by atoms with van der Waals surface area (Å²) in [5, 5.41) is 5.80. The third kappa shape index (κ3) is 3.34. The van der Waals surface area contributed by atoms with Crippen LogP contribution >= 0.6 is 23.2 Å². The van der Waals surface area contributed by atoms with Gasteiger partial charge in [0.05, 0.1) is 33.0 Å². The first-order valence-electron chi connectivity index (χ1n) is 10.3. The molecule has 0 unspecified atom stereocenters. The van der Waals surface area contributed by atoms with Gasteiger partial charge in [0.15, 0.2) is 11.3 Å². The smallest absolute Gasteiger partial charge is 0.268 e. The molecule has 0 bridgehead atoms. The molecule has 3 aromatic heterocycles. The molecule has 3 aromatic carbocycles. The van der Waals surface area contributed by atoms with Crippen molar-refractivity contribution in [2.75, 3.05) is 0 Å². The Hall–Kier alpha value is -4.07. The van der Waals surface area contributed by atoms with Gasteiger partial charge >= 0.3 is 0 Å². The van der Waals surface area contributed by atoms with Crippen LogP contribution in [0, 0.1) is 0 Å². The summed E-state index contributed by atoms with van der Waals surface area (Å²) in [6.07, 6.45) is 3.10. The van der Waals surface area contributed by atoms with Crippen LogP contribution in [0.15, 0.2) is 89.0 Å². The van der Waals surface area contributed by atoms with Crippen LogP contribution in [0.5, 0.6) is 0 Å². The van der Waals surface area contributed by atoms with Gasteiger partial charge in [-0.2, -0.15) is 9.78 Å². The van der Waals surface area contributed by atoms with Crippen molar-refractivity contribution in [2.45, 2.75) is 0 Å². The minimum absolute atomic E-state index is 0.255. The fourth-order valence-electron chi connectivity index (χ4n) is 3.82. The van der Waals surface area contributed by atoms with E-state index in [0.717, 1.165) is 5.56 Å². The fraction of sp³-hybridized carbons (Fsp3) is 0. The van der Waals surface area contributed by atoms with Crippen molar-refractivity contribution >= 4 is 62.6 Å². The zero-order valence-corrected chi connectivity index (χ0v) is 18.9. The Kier molecular flexibility index (Phi) is 4.86. The highest BCUT2D eigenvalue weighted by molar-refractivity contribution is 6.42.